The maximum atomic E-state index is 13.8. The minimum absolute atomic E-state index is 0.0376. The number of nitrogens with zero attached hydrogens (tertiary/aromatic N) is 1. The van der Waals surface area contributed by atoms with Gasteiger partial charge in [-0.05, 0) is 49.8 Å². The predicted octanol–water partition coefficient (Wildman–Crippen LogP) is 3.44. The molecule has 0 bridgehead atoms. The normalized spacial score (nSPS) is 13.1. The van der Waals surface area contributed by atoms with Gasteiger partial charge in [0, 0.05) is 12.5 Å². The molecule has 2 aromatic carbocycles. The molecular weight excluding hydrogens is 359 g/mol. The molecule has 0 aliphatic heterocycles. The Hall–Kier alpha value is -2.60. The first kappa shape index (κ1) is 21.7. The SMILES string of the molecule is COc1ccc(C(CNC(=O)C(C)Cc2ccccc2F)N(C)C)cc1OC. The van der Waals surface area contributed by atoms with Crippen LogP contribution in [-0.2, 0) is 11.2 Å². The van der Waals surface area contributed by atoms with Gasteiger partial charge >= 0.3 is 0 Å². The lowest BCUT2D eigenvalue weighted by Gasteiger charge is -2.26. The topological polar surface area (TPSA) is 50.8 Å². The van der Waals surface area contributed by atoms with Crippen molar-refractivity contribution >= 4 is 5.91 Å². The Morgan fingerprint density at radius 2 is 1.79 bits per heavy atom. The van der Waals surface area contributed by atoms with Crippen LogP contribution in [0.3, 0.4) is 0 Å². The van der Waals surface area contributed by atoms with Crippen molar-refractivity contribution in [3.8, 4) is 11.5 Å². The van der Waals surface area contributed by atoms with E-state index >= 15 is 0 Å². The highest BCUT2D eigenvalue weighted by atomic mass is 19.1. The van der Waals surface area contributed by atoms with Crippen molar-refractivity contribution in [2.45, 2.75) is 19.4 Å². The number of halogens is 1. The molecule has 2 rings (SSSR count). The lowest BCUT2D eigenvalue weighted by atomic mass is 9.99. The molecule has 0 saturated carbocycles. The molecule has 28 heavy (non-hydrogen) atoms. The smallest absolute Gasteiger partial charge is 0.223 e. The van der Waals surface area contributed by atoms with E-state index in [1.165, 1.54) is 6.07 Å². The van der Waals surface area contributed by atoms with Crippen molar-refractivity contribution in [1.82, 2.24) is 10.2 Å². The summed E-state index contributed by atoms with van der Waals surface area (Å²) in [6.45, 7) is 2.24. The molecule has 2 atom stereocenters. The summed E-state index contributed by atoms with van der Waals surface area (Å²) in [6.07, 6.45) is 0.363. The summed E-state index contributed by atoms with van der Waals surface area (Å²) in [5.41, 5.74) is 1.55. The number of likely N-dealkylation sites (N-methyl/N-ethyl adjacent to an activating group) is 1. The number of nitrogens with one attached hydrogen (secondary N) is 1. The first-order chi connectivity index (χ1) is 13.4. The standard InChI is InChI=1S/C22H29FN2O3/c1-15(12-16-8-6-7-9-18(16)23)22(26)24-14-19(25(2)3)17-10-11-20(27-4)21(13-17)28-5/h6-11,13,15,19H,12,14H2,1-5H3,(H,24,26). The number of methoxy groups -OCH3 is 2. The van der Waals surface area contributed by atoms with Crippen LogP contribution in [-0.4, -0.2) is 45.7 Å². The molecule has 0 heterocycles. The first-order valence-electron chi connectivity index (χ1n) is 9.26. The van der Waals surface area contributed by atoms with Gasteiger partial charge in [0.05, 0.1) is 20.3 Å². The van der Waals surface area contributed by atoms with E-state index in [4.69, 9.17) is 9.47 Å². The van der Waals surface area contributed by atoms with Crippen molar-refractivity contribution in [1.29, 1.82) is 0 Å². The van der Waals surface area contributed by atoms with Crippen LogP contribution in [0.4, 0.5) is 4.39 Å². The summed E-state index contributed by atoms with van der Waals surface area (Å²) in [5, 5.41) is 2.99. The molecule has 0 radical (unpaired) electrons. The second-order valence-corrected chi connectivity index (χ2v) is 7.04. The summed E-state index contributed by atoms with van der Waals surface area (Å²) in [7, 11) is 7.10. The van der Waals surface area contributed by atoms with Crippen LogP contribution >= 0.6 is 0 Å². The first-order valence-corrected chi connectivity index (χ1v) is 9.26. The zero-order valence-corrected chi connectivity index (χ0v) is 17.2. The Bertz CT molecular complexity index is 795. The molecule has 1 N–H and O–H groups in total. The zero-order valence-electron chi connectivity index (χ0n) is 17.2. The number of ether oxygens (including phenoxy) is 2. The maximum absolute atomic E-state index is 13.8. The molecule has 0 saturated heterocycles. The van der Waals surface area contributed by atoms with Gasteiger partial charge in [0.1, 0.15) is 5.82 Å². The Morgan fingerprint density at radius 3 is 2.39 bits per heavy atom. The fourth-order valence-corrected chi connectivity index (χ4v) is 3.12. The largest absolute Gasteiger partial charge is 0.493 e. The van der Waals surface area contributed by atoms with Gasteiger partial charge in [-0.15, -0.1) is 0 Å². The Labute approximate surface area is 166 Å². The Balaban J connectivity index is 2.04. The third-order valence-electron chi connectivity index (χ3n) is 4.82. The van der Waals surface area contributed by atoms with Gasteiger partial charge in [0.2, 0.25) is 5.91 Å². The maximum Gasteiger partial charge on any atom is 0.223 e. The molecule has 0 fully saturated rings. The highest BCUT2D eigenvalue weighted by Crippen LogP contribution is 2.31. The van der Waals surface area contributed by atoms with Crippen LogP contribution in [0.2, 0.25) is 0 Å². The highest BCUT2D eigenvalue weighted by molar-refractivity contribution is 5.78. The van der Waals surface area contributed by atoms with Crippen molar-refractivity contribution in [2.75, 3.05) is 34.9 Å². The molecule has 0 aromatic heterocycles. The van der Waals surface area contributed by atoms with E-state index in [9.17, 15) is 9.18 Å². The van der Waals surface area contributed by atoms with Gasteiger partial charge < -0.3 is 19.7 Å². The quantitative estimate of drug-likeness (QED) is 0.715. The number of carbonyl (C=O) groups excluding carboxylic acids is 1. The van der Waals surface area contributed by atoms with Crippen molar-refractivity contribution in [3.63, 3.8) is 0 Å². The van der Waals surface area contributed by atoms with Crippen molar-refractivity contribution in [3.05, 3.63) is 59.4 Å². The van der Waals surface area contributed by atoms with Crippen molar-refractivity contribution in [2.24, 2.45) is 5.92 Å². The molecule has 5 nitrogen and oxygen atoms in total. The monoisotopic (exact) mass is 388 g/mol. The summed E-state index contributed by atoms with van der Waals surface area (Å²) in [6, 6.07) is 12.2. The van der Waals surface area contributed by atoms with E-state index in [-0.39, 0.29) is 23.7 Å². The minimum atomic E-state index is -0.329. The van der Waals surface area contributed by atoms with Crippen LogP contribution in [0.15, 0.2) is 42.5 Å². The van der Waals surface area contributed by atoms with Gasteiger partial charge in [-0.25, -0.2) is 4.39 Å². The lowest BCUT2D eigenvalue weighted by molar-refractivity contribution is -0.124. The number of hydrogen-bond acceptors (Lipinski definition) is 4. The number of benzene rings is 2. The summed E-state index contributed by atoms with van der Waals surface area (Å²) in [4.78, 5) is 14.6. The fraction of sp³-hybridized carbons (Fsp3) is 0.409. The second kappa shape index (κ2) is 10.1. The predicted molar refractivity (Wildman–Crippen MR) is 108 cm³/mol. The van der Waals surface area contributed by atoms with Crippen LogP contribution < -0.4 is 14.8 Å². The zero-order chi connectivity index (χ0) is 20.7. The number of rotatable bonds is 9. The minimum Gasteiger partial charge on any atom is -0.493 e. The molecule has 152 valence electrons. The van der Waals surface area contributed by atoms with E-state index in [0.29, 0.717) is 30.0 Å². The summed E-state index contributed by atoms with van der Waals surface area (Å²) in [5.74, 6) is 0.594. The van der Waals surface area contributed by atoms with Crippen molar-refractivity contribution < 1.29 is 18.7 Å². The lowest BCUT2D eigenvalue weighted by Crippen LogP contribution is -2.37. The molecule has 1 amide bonds. The van der Waals surface area contributed by atoms with Crippen LogP contribution in [0.5, 0.6) is 11.5 Å². The molecule has 6 heteroatoms. The third kappa shape index (κ3) is 5.45. The second-order valence-electron chi connectivity index (χ2n) is 7.04. The van der Waals surface area contributed by atoms with Gasteiger partial charge in [0.15, 0.2) is 11.5 Å². The molecule has 2 aromatic rings. The average Bonchev–Trinajstić information content (AvgIpc) is 2.69. The van der Waals surface area contributed by atoms with Crippen LogP contribution in [0.1, 0.15) is 24.1 Å². The highest BCUT2D eigenvalue weighted by Gasteiger charge is 2.20. The van der Waals surface area contributed by atoms with E-state index in [1.807, 2.05) is 44.1 Å². The number of hydrogen-bond donors (Lipinski definition) is 1. The van der Waals surface area contributed by atoms with E-state index < -0.39 is 0 Å². The Morgan fingerprint density at radius 1 is 1.11 bits per heavy atom. The van der Waals surface area contributed by atoms with E-state index in [2.05, 4.69) is 5.32 Å². The van der Waals surface area contributed by atoms with Crippen LogP contribution in [0.25, 0.3) is 0 Å². The van der Waals surface area contributed by atoms with Gasteiger partial charge in [-0.2, -0.15) is 0 Å². The number of amides is 1. The molecule has 0 aliphatic rings. The molecule has 0 aliphatic carbocycles. The summed E-state index contributed by atoms with van der Waals surface area (Å²) >= 11 is 0. The van der Waals surface area contributed by atoms with E-state index in [0.717, 1.165) is 5.56 Å². The number of carbonyl (C=O) groups is 1. The Kier molecular flexibility index (Phi) is 7.81. The fourth-order valence-electron chi connectivity index (χ4n) is 3.12. The third-order valence-corrected chi connectivity index (χ3v) is 4.82. The van der Waals surface area contributed by atoms with E-state index in [1.54, 1.807) is 32.4 Å². The molecule has 2 unspecified atom stereocenters. The molecular formula is C22H29FN2O3. The van der Waals surface area contributed by atoms with Gasteiger partial charge in [-0.3, -0.25) is 4.79 Å². The van der Waals surface area contributed by atoms with Gasteiger partial charge in [0.25, 0.3) is 0 Å². The average molecular weight is 388 g/mol. The molecule has 0 spiro atoms. The summed E-state index contributed by atoms with van der Waals surface area (Å²) < 4.78 is 24.5. The van der Waals surface area contributed by atoms with Crippen LogP contribution in [0, 0.1) is 11.7 Å². The van der Waals surface area contributed by atoms with Gasteiger partial charge in [-0.1, -0.05) is 31.2 Å².